The van der Waals surface area contributed by atoms with Gasteiger partial charge in [-0.2, -0.15) is 4.98 Å². The van der Waals surface area contributed by atoms with Crippen molar-refractivity contribution in [3.8, 4) is 0 Å². The molecule has 1 aromatic carbocycles. The summed E-state index contributed by atoms with van der Waals surface area (Å²) in [5.74, 6) is 1.06. The molecule has 0 spiro atoms. The van der Waals surface area contributed by atoms with Crippen molar-refractivity contribution in [3.05, 3.63) is 36.5 Å². The molecule has 0 radical (unpaired) electrons. The minimum atomic E-state index is -0.272. The molecule has 28 heavy (non-hydrogen) atoms. The Hall–Kier alpha value is -2.87. The third-order valence-electron chi connectivity index (χ3n) is 4.43. The van der Waals surface area contributed by atoms with Crippen molar-refractivity contribution in [1.82, 2.24) is 15.3 Å². The van der Waals surface area contributed by atoms with Crippen LogP contribution >= 0.6 is 0 Å². The second-order valence-electron chi connectivity index (χ2n) is 7.22. The van der Waals surface area contributed by atoms with Crippen molar-refractivity contribution in [2.75, 3.05) is 22.6 Å². The normalized spacial score (nSPS) is 12.2. The number of carbonyl (C=O) groups excluding carboxylic acids is 1. The summed E-state index contributed by atoms with van der Waals surface area (Å²) in [5.41, 5.74) is 1.14. The van der Waals surface area contributed by atoms with Crippen molar-refractivity contribution in [2.24, 2.45) is 0 Å². The molecule has 2 rings (SSSR count). The molecule has 1 aromatic heterocycles. The highest BCUT2D eigenvalue weighted by Gasteiger charge is 2.17. The molecule has 1 atom stereocenters. The Bertz CT molecular complexity index is 777. The van der Waals surface area contributed by atoms with E-state index in [4.69, 9.17) is 0 Å². The molecule has 0 aliphatic rings. The number of amides is 2. The molecule has 5 N–H and O–H groups in total. The number of carbonyl (C=O) groups is 1. The van der Waals surface area contributed by atoms with Crippen LogP contribution in [0.4, 0.5) is 27.9 Å². The summed E-state index contributed by atoms with van der Waals surface area (Å²) in [5, 5.41) is 21.4. The lowest BCUT2D eigenvalue weighted by Crippen LogP contribution is -2.45. The fourth-order valence-electron chi connectivity index (χ4n) is 2.35. The van der Waals surface area contributed by atoms with Gasteiger partial charge in [0.25, 0.3) is 0 Å². The number of nitrogens with one attached hydrogen (secondary N) is 4. The third kappa shape index (κ3) is 6.70. The van der Waals surface area contributed by atoms with Crippen LogP contribution in [0.2, 0.25) is 0 Å². The standard InChI is InChI=1S/C20H30N6O2/c1-5-14(13-27)22-17-10-11-21-18(25-17)23-15-8-7-9-16(12-15)24-19(28)26-20(3,4)6-2/h7-12,14,27H,5-6,13H2,1-4H3,(H2,24,26,28)(H2,21,22,23,25)/t14-/m0/s1. The van der Waals surface area contributed by atoms with E-state index in [1.807, 2.05) is 52.0 Å². The number of hydrogen-bond donors (Lipinski definition) is 5. The average molecular weight is 387 g/mol. The summed E-state index contributed by atoms with van der Waals surface area (Å²) in [6.45, 7) is 8.00. The Labute approximate surface area is 166 Å². The van der Waals surface area contributed by atoms with E-state index in [2.05, 4.69) is 31.2 Å². The van der Waals surface area contributed by atoms with Crippen LogP contribution in [0.25, 0.3) is 0 Å². The Morgan fingerprint density at radius 2 is 1.96 bits per heavy atom. The highest BCUT2D eigenvalue weighted by atomic mass is 16.3. The first-order valence-electron chi connectivity index (χ1n) is 9.52. The number of aliphatic hydroxyl groups is 1. The second kappa shape index (κ2) is 9.89. The summed E-state index contributed by atoms with van der Waals surface area (Å²) in [7, 11) is 0. The summed E-state index contributed by atoms with van der Waals surface area (Å²) in [6.07, 6.45) is 3.26. The van der Waals surface area contributed by atoms with Crippen LogP contribution in [-0.2, 0) is 0 Å². The zero-order valence-electron chi connectivity index (χ0n) is 16.9. The van der Waals surface area contributed by atoms with Crippen LogP contribution in [0.1, 0.15) is 40.5 Å². The Morgan fingerprint density at radius 3 is 2.64 bits per heavy atom. The predicted molar refractivity (Wildman–Crippen MR) is 113 cm³/mol. The van der Waals surface area contributed by atoms with Gasteiger partial charge in [-0.3, -0.25) is 0 Å². The van der Waals surface area contributed by atoms with Gasteiger partial charge in [0, 0.05) is 23.1 Å². The van der Waals surface area contributed by atoms with E-state index in [1.165, 1.54) is 0 Å². The van der Waals surface area contributed by atoms with Gasteiger partial charge in [0.1, 0.15) is 5.82 Å². The predicted octanol–water partition coefficient (Wildman–Crippen LogP) is 3.71. The molecule has 2 amide bonds. The number of benzene rings is 1. The number of nitrogens with zero attached hydrogens (tertiary/aromatic N) is 2. The van der Waals surface area contributed by atoms with Gasteiger partial charge in [-0.1, -0.05) is 19.9 Å². The van der Waals surface area contributed by atoms with Gasteiger partial charge < -0.3 is 26.4 Å². The maximum atomic E-state index is 12.2. The zero-order valence-corrected chi connectivity index (χ0v) is 16.9. The minimum Gasteiger partial charge on any atom is -0.394 e. The van der Waals surface area contributed by atoms with Crippen LogP contribution in [0.5, 0.6) is 0 Å². The highest BCUT2D eigenvalue weighted by Crippen LogP contribution is 2.19. The van der Waals surface area contributed by atoms with Crippen molar-refractivity contribution < 1.29 is 9.90 Å². The summed E-state index contributed by atoms with van der Waals surface area (Å²) >= 11 is 0. The quantitative estimate of drug-likeness (QED) is 0.449. The molecule has 0 bridgehead atoms. The second-order valence-corrected chi connectivity index (χ2v) is 7.22. The van der Waals surface area contributed by atoms with Crippen molar-refractivity contribution >= 4 is 29.2 Å². The Kier molecular flexibility index (Phi) is 7.57. The highest BCUT2D eigenvalue weighted by molar-refractivity contribution is 5.90. The first kappa shape index (κ1) is 21.4. The molecule has 152 valence electrons. The van der Waals surface area contributed by atoms with Crippen LogP contribution in [0.15, 0.2) is 36.5 Å². The fraction of sp³-hybridized carbons (Fsp3) is 0.450. The smallest absolute Gasteiger partial charge is 0.319 e. The molecule has 1 heterocycles. The monoisotopic (exact) mass is 386 g/mol. The molecule has 0 saturated carbocycles. The lowest BCUT2D eigenvalue weighted by atomic mass is 10.0. The topological polar surface area (TPSA) is 111 Å². The maximum Gasteiger partial charge on any atom is 0.319 e. The Balaban J connectivity index is 2.04. The molecular formula is C20H30N6O2. The first-order valence-corrected chi connectivity index (χ1v) is 9.52. The molecule has 2 aromatic rings. The molecule has 0 aliphatic heterocycles. The number of hydrogen-bond acceptors (Lipinski definition) is 6. The van der Waals surface area contributed by atoms with Gasteiger partial charge >= 0.3 is 6.03 Å². The van der Waals surface area contributed by atoms with Gasteiger partial charge in [0.05, 0.1) is 12.6 Å². The molecule has 8 heteroatoms. The number of aliphatic hydroxyl groups excluding tert-OH is 1. The number of urea groups is 1. The van der Waals surface area contributed by atoms with Gasteiger partial charge in [-0.25, -0.2) is 9.78 Å². The van der Waals surface area contributed by atoms with E-state index >= 15 is 0 Å². The summed E-state index contributed by atoms with van der Waals surface area (Å²) in [4.78, 5) is 20.8. The average Bonchev–Trinajstić information content (AvgIpc) is 2.66. The van der Waals surface area contributed by atoms with Gasteiger partial charge in [0.2, 0.25) is 5.95 Å². The molecular weight excluding hydrogens is 356 g/mol. The van der Waals surface area contributed by atoms with Gasteiger partial charge in [-0.15, -0.1) is 0 Å². The maximum absolute atomic E-state index is 12.2. The summed E-state index contributed by atoms with van der Waals surface area (Å²) < 4.78 is 0. The fourth-order valence-corrected chi connectivity index (χ4v) is 2.35. The molecule has 0 unspecified atom stereocenters. The van der Waals surface area contributed by atoms with E-state index in [9.17, 15) is 9.90 Å². The first-order chi connectivity index (χ1) is 13.3. The molecule has 0 aliphatic carbocycles. The zero-order chi connectivity index (χ0) is 20.6. The van der Waals surface area contributed by atoms with E-state index in [0.717, 1.165) is 18.5 Å². The van der Waals surface area contributed by atoms with Gasteiger partial charge in [0.15, 0.2) is 0 Å². The van der Waals surface area contributed by atoms with Crippen LogP contribution in [0.3, 0.4) is 0 Å². The van der Waals surface area contributed by atoms with Crippen molar-refractivity contribution in [3.63, 3.8) is 0 Å². The molecule has 8 nitrogen and oxygen atoms in total. The van der Waals surface area contributed by atoms with E-state index < -0.39 is 0 Å². The van der Waals surface area contributed by atoms with Crippen molar-refractivity contribution in [2.45, 2.75) is 52.1 Å². The van der Waals surface area contributed by atoms with E-state index in [0.29, 0.717) is 17.5 Å². The van der Waals surface area contributed by atoms with Crippen molar-refractivity contribution in [1.29, 1.82) is 0 Å². The SMILES string of the molecule is CC[C@@H](CO)Nc1ccnc(Nc2cccc(NC(=O)NC(C)(C)CC)c2)n1. The molecule has 0 saturated heterocycles. The summed E-state index contributed by atoms with van der Waals surface area (Å²) in [6, 6.07) is 8.78. The van der Waals surface area contributed by atoms with Crippen LogP contribution < -0.4 is 21.3 Å². The lowest BCUT2D eigenvalue weighted by molar-refractivity contribution is 0.240. The van der Waals surface area contributed by atoms with Crippen LogP contribution in [-0.4, -0.2) is 39.3 Å². The largest absolute Gasteiger partial charge is 0.394 e. The number of anilines is 4. The van der Waals surface area contributed by atoms with Crippen LogP contribution in [0, 0.1) is 0 Å². The number of rotatable bonds is 9. The van der Waals surface area contributed by atoms with E-state index in [-0.39, 0.29) is 24.2 Å². The Morgan fingerprint density at radius 1 is 1.21 bits per heavy atom. The van der Waals surface area contributed by atoms with Gasteiger partial charge in [-0.05, 0) is 51.0 Å². The minimum absolute atomic E-state index is 0.0356. The number of aromatic nitrogens is 2. The third-order valence-corrected chi connectivity index (χ3v) is 4.43. The lowest BCUT2D eigenvalue weighted by Gasteiger charge is -2.24. The van der Waals surface area contributed by atoms with E-state index in [1.54, 1.807) is 12.3 Å². The molecule has 0 fully saturated rings.